The van der Waals surface area contributed by atoms with E-state index >= 15 is 0 Å². The molecule has 23 N–H and O–H groups in total. The molecule has 0 spiro atoms. The predicted octanol–water partition coefficient (Wildman–Crippen LogP) is -6.08. The van der Waals surface area contributed by atoms with Crippen LogP contribution in [-0.2, 0) is 52.7 Å². The summed E-state index contributed by atoms with van der Waals surface area (Å²) < 4.78 is 0. The topological polar surface area (TPSA) is 491 Å². The number of carbonyl (C=O) groups excluding carboxylic acids is 11. The second-order valence-electron chi connectivity index (χ2n) is 20.8. The van der Waals surface area contributed by atoms with E-state index in [1.165, 1.54) is 13.8 Å². The summed E-state index contributed by atoms with van der Waals surface area (Å²) in [5, 5.41) is 49.2. The van der Waals surface area contributed by atoms with Crippen molar-refractivity contribution in [3.63, 3.8) is 0 Å². The van der Waals surface area contributed by atoms with Crippen molar-refractivity contribution in [2.24, 2.45) is 40.5 Å². The first-order valence-corrected chi connectivity index (χ1v) is 28.0. The maximum Gasteiger partial charge on any atom is 0.245 e. The highest BCUT2D eigenvalue weighted by Crippen LogP contribution is 2.13. The van der Waals surface area contributed by atoms with Gasteiger partial charge in [-0.1, -0.05) is 53.9 Å². The fraction of sp³-hybridized carbons (Fsp3) is 0.784. The number of nitrogens with two attached hydrogens (primary N) is 5. The Bertz CT molecular complexity index is 2020. The van der Waals surface area contributed by atoms with Gasteiger partial charge in [0.05, 0.1) is 12.2 Å². The number of rotatable bonds is 28. The van der Waals surface area contributed by atoms with Crippen LogP contribution in [0.2, 0.25) is 0 Å². The number of amides is 11. The molecule has 0 unspecified atom stereocenters. The second kappa shape index (κ2) is 38.5. The van der Waals surface area contributed by atoms with Crippen LogP contribution in [0.1, 0.15) is 132 Å². The third-order valence-corrected chi connectivity index (χ3v) is 13.4. The van der Waals surface area contributed by atoms with E-state index < -0.39 is 151 Å². The molecule has 1 aliphatic heterocycles. The third-order valence-electron chi connectivity index (χ3n) is 13.4. The first kappa shape index (κ1) is 71.9. The van der Waals surface area contributed by atoms with Gasteiger partial charge in [0.1, 0.15) is 60.4 Å². The molecule has 1 rings (SSSR count). The molecule has 0 aliphatic carbocycles. The van der Waals surface area contributed by atoms with Crippen molar-refractivity contribution in [1.29, 1.82) is 0 Å². The highest BCUT2D eigenvalue weighted by Gasteiger charge is 2.37. The molecular weight excluding hydrogens is 1040 g/mol. The molecule has 11 amide bonds. The predicted molar refractivity (Wildman–Crippen MR) is 296 cm³/mol. The normalized spacial score (nSPS) is 23.6. The summed E-state index contributed by atoms with van der Waals surface area (Å²) in [6.07, 6.45) is -0.800. The van der Waals surface area contributed by atoms with Gasteiger partial charge in [-0.15, -0.1) is 0 Å². The van der Waals surface area contributed by atoms with E-state index in [4.69, 9.17) is 28.7 Å². The zero-order valence-corrected chi connectivity index (χ0v) is 47.8. The molecule has 458 valence electrons. The lowest BCUT2D eigenvalue weighted by atomic mass is 10.0. The Morgan fingerprint density at radius 1 is 0.550 bits per heavy atom. The number of hydrogen-bond acceptors (Lipinski definition) is 18. The molecule has 0 aromatic heterocycles. The molecule has 1 saturated heterocycles. The highest BCUT2D eigenvalue weighted by molar-refractivity contribution is 5.99. The standard InChI is InChI=1S/C51H96N16O13/c1-8-28(5)12-10-11-13-39(70)58-32(14-20-52)47(76)67-41(30(7)69)51(80)64-35(17-23-55)44(73)63-37-19-25-57-50(79)40(29(6)68)66-48(77)36(18-24-56)62-43(72)33(15-21-53)60-42(71)31(9-2)59-49(78)38(26-27(3)4)65-45(74)34(16-22-54)61-46(37)75/h27-38,40-41,68-69H,8-26,52-56H2,1-7H3,(H,57,79)(H,58,70)(H,59,78)(H,60,71)(H,61,75)(H,62,72)(H,63,73)(H,64,80)(H,65,74)(H,66,77)(H,67,76)/t28-,29-,30-,31-,32+,33+,34+,35-,36-,37+,38+,40+,41-/m1/s1. The van der Waals surface area contributed by atoms with Crippen LogP contribution in [0.25, 0.3) is 0 Å². The van der Waals surface area contributed by atoms with Crippen molar-refractivity contribution in [2.45, 2.75) is 205 Å². The van der Waals surface area contributed by atoms with Crippen molar-refractivity contribution in [3.8, 4) is 0 Å². The van der Waals surface area contributed by atoms with Gasteiger partial charge in [0.2, 0.25) is 65.0 Å². The SMILES string of the molecule is CC[C@@H](C)CCCCC(=O)N[C@@H](CCN)C(=O)N[C@@H](C(=O)N[C@H](CCN)C(=O)N[C@H]1CCNC(=O)[C@H]([C@@H](C)O)NC(=O)[C@@H](CCN)NC(=O)[C@H](CCN)NC(=O)[C@@H](CC)NC(=O)[C@H](CC(C)C)NC(=O)[C@H](CCN)NC1=O)[C@@H](C)O. The molecule has 0 bridgehead atoms. The van der Waals surface area contributed by atoms with Crippen molar-refractivity contribution in [1.82, 2.24) is 58.5 Å². The molecule has 1 aliphatic rings. The number of unbranched alkanes of at least 4 members (excludes halogenated alkanes) is 1. The number of nitrogens with one attached hydrogen (secondary N) is 11. The minimum absolute atomic E-state index is 0.0125. The molecule has 29 nitrogen and oxygen atoms in total. The number of aliphatic hydroxyl groups excluding tert-OH is 2. The monoisotopic (exact) mass is 1140 g/mol. The fourth-order valence-electron chi connectivity index (χ4n) is 8.41. The lowest BCUT2D eigenvalue weighted by molar-refractivity contribution is -0.137. The maximum atomic E-state index is 14.4. The Labute approximate surface area is 469 Å². The summed E-state index contributed by atoms with van der Waals surface area (Å²) in [5.74, 6) is -9.32. The molecular formula is C51H96N16O13. The summed E-state index contributed by atoms with van der Waals surface area (Å²) in [5.41, 5.74) is 29.1. The summed E-state index contributed by atoms with van der Waals surface area (Å²) >= 11 is 0. The van der Waals surface area contributed by atoms with Gasteiger partial charge in [-0.2, -0.15) is 0 Å². The summed E-state index contributed by atoms with van der Waals surface area (Å²) in [6.45, 7) is 10.6. The van der Waals surface area contributed by atoms with Crippen LogP contribution in [-0.4, -0.2) is 187 Å². The molecule has 80 heavy (non-hydrogen) atoms. The van der Waals surface area contributed by atoms with E-state index in [1.54, 1.807) is 20.8 Å². The largest absolute Gasteiger partial charge is 0.391 e. The van der Waals surface area contributed by atoms with Gasteiger partial charge in [0.25, 0.3) is 0 Å². The van der Waals surface area contributed by atoms with Crippen LogP contribution in [0.15, 0.2) is 0 Å². The second-order valence-corrected chi connectivity index (χ2v) is 20.8. The first-order chi connectivity index (χ1) is 37.8. The van der Waals surface area contributed by atoms with E-state index in [1.807, 2.05) is 0 Å². The number of hydrogen-bond donors (Lipinski definition) is 18. The molecule has 13 atom stereocenters. The van der Waals surface area contributed by atoms with Gasteiger partial charge >= 0.3 is 0 Å². The van der Waals surface area contributed by atoms with E-state index in [-0.39, 0.29) is 90.0 Å². The van der Waals surface area contributed by atoms with Crippen molar-refractivity contribution in [3.05, 3.63) is 0 Å². The van der Waals surface area contributed by atoms with Gasteiger partial charge in [0, 0.05) is 13.0 Å². The van der Waals surface area contributed by atoms with E-state index in [0.29, 0.717) is 12.3 Å². The van der Waals surface area contributed by atoms with Gasteiger partial charge in [-0.05, 0) is 116 Å². The number of carbonyl (C=O) groups is 11. The summed E-state index contributed by atoms with van der Waals surface area (Å²) in [4.78, 5) is 152. The van der Waals surface area contributed by atoms with E-state index in [9.17, 15) is 63.0 Å². The van der Waals surface area contributed by atoms with Crippen LogP contribution in [0.3, 0.4) is 0 Å². The minimum atomic E-state index is -1.69. The molecule has 1 heterocycles. The van der Waals surface area contributed by atoms with Gasteiger partial charge in [-0.3, -0.25) is 52.7 Å². The Kier molecular flexibility index (Phi) is 34.6. The minimum Gasteiger partial charge on any atom is -0.391 e. The molecule has 29 heteroatoms. The number of aliphatic hydroxyl groups is 2. The fourth-order valence-corrected chi connectivity index (χ4v) is 8.41. The molecule has 1 fully saturated rings. The lowest BCUT2D eigenvalue weighted by Gasteiger charge is -2.29. The quantitative estimate of drug-likeness (QED) is 0.0324. The van der Waals surface area contributed by atoms with Crippen molar-refractivity contribution >= 4 is 65.0 Å². The van der Waals surface area contributed by atoms with Gasteiger partial charge in [0.15, 0.2) is 0 Å². The molecule has 0 aromatic carbocycles. The zero-order valence-electron chi connectivity index (χ0n) is 47.8. The van der Waals surface area contributed by atoms with Crippen molar-refractivity contribution in [2.75, 3.05) is 39.3 Å². The summed E-state index contributed by atoms with van der Waals surface area (Å²) in [7, 11) is 0. The van der Waals surface area contributed by atoms with Crippen LogP contribution >= 0.6 is 0 Å². The summed E-state index contributed by atoms with van der Waals surface area (Å²) in [6, 6.07) is -14.5. The average molecular weight is 1140 g/mol. The average Bonchev–Trinajstić information content (AvgIpc) is 3.39. The van der Waals surface area contributed by atoms with Crippen LogP contribution in [0.5, 0.6) is 0 Å². The van der Waals surface area contributed by atoms with Crippen LogP contribution in [0.4, 0.5) is 0 Å². The smallest absolute Gasteiger partial charge is 0.245 e. The molecule has 0 aromatic rings. The Hall–Kier alpha value is -6.11. The van der Waals surface area contributed by atoms with E-state index in [2.05, 4.69) is 72.3 Å². The van der Waals surface area contributed by atoms with Crippen molar-refractivity contribution < 1.29 is 63.0 Å². The molecule has 0 saturated carbocycles. The Morgan fingerprint density at radius 2 is 1.02 bits per heavy atom. The third kappa shape index (κ3) is 26.0. The van der Waals surface area contributed by atoms with E-state index in [0.717, 1.165) is 19.3 Å². The maximum absolute atomic E-state index is 14.4. The zero-order chi connectivity index (χ0) is 60.6. The lowest BCUT2D eigenvalue weighted by Crippen LogP contribution is -2.62. The van der Waals surface area contributed by atoms with Crippen LogP contribution in [0, 0.1) is 11.8 Å². The molecule has 0 radical (unpaired) electrons. The van der Waals surface area contributed by atoms with Crippen LogP contribution < -0.4 is 87.2 Å². The van der Waals surface area contributed by atoms with Gasteiger partial charge in [-0.25, -0.2) is 0 Å². The first-order valence-electron chi connectivity index (χ1n) is 28.0. The highest BCUT2D eigenvalue weighted by atomic mass is 16.3. The van der Waals surface area contributed by atoms with Gasteiger partial charge < -0.3 is 97.4 Å². The Balaban J connectivity index is 3.76. The Morgan fingerprint density at radius 3 is 1.50 bits per heavy atom.